The van der Waals surface area contributed by atoms with Gasteiger partial charge in [0.15, 0.2) is 16.5 Å². The lowest BCUT2D eigenvalue weighted by molar-refractivity contribution is 0.0944. The van der Waals surface area contributed by atoms with Crippen molar-refractivity contribution in [2.45, 2.75) is 25.8 Å². The molecule has 0 saturated heterocycles. The number of carbonyl (C=O) groups is 1. The van der Waals surface area contributed by atoms with Crippen LogP contribution in [0.2, 0.25) is 0 Å². The van der Waals surface area contributed by atoms with Crippen molar-refractivity contribution in [3.8, 4) is 10.8 Å². The van der Waals surface area contributed by atoms with Gasteiger partial charge in [0.2, 0.25) is 0 Å². The van der Waals surface area contributed by atoms with E-state index >= 15 is 0 Å². The number of nitrogens with zero attached hydrogens (tertiary/aromatic N) is 4. The number of amides is 1. The Hall–Kier alpha value is -2.61. The molecule has 4 rings (SSSR count). The zero-order chi connectivity index (χ0) is 15.6. The number of aryl methyl sites for hydroxylation is 1. The van der Waals surface area contributed by atoms with E-state index in [9.17, 15) is 4.79 Å². The summed E-state index contributed by atoms with van der Waals surface area (Å²) in [7, 11) is 0. The molecule has 1 aliphatic rings. The van der Waals surface area contributed by atoms with Gasteiger partial charge in [0.05, 0.1) is 12.2 Å². The molecule has 116 valence electrons. The van der Waals surface area contributed by atoms with E-state index < -0.39 is 0 Å². The van der Waals surface area contributed by atoms with Gasteiger partial charge < -0.3 is 5.32 Å². The van der Waals surface area contributed by atoms with E-state index in [4.69, 9.17) is 0 Å². The number of thiazole rings is 1. The minimum atomic E-state index is -0.157. The van der Waals surface area contributed by atoms with E-state index in [1.165, 1.54) is 11.3 Å². The predicted octanol–water partition coefficient (Wildman–Crippen LogP) is 1.74. The Bertz CT molecular complexity index is 841. The Balaban J connectivity index is 1.43. The number of hydrogen-bond donors (Lipinski definition) is 2. The van der Waals surface area contributed by atoms with Crippen LogP contribution in [0.4, 0.5) is 0 Å². The van der Waals surface area contributed by atoms with Gasteiger partial charge in [-0.25, -0.2) is 15.0 Å². The Morgan fingerprint density at radius 2 is 2.17 bits per heavy atom. The number of H-pyrrole nitrogens is 1. The average molecular weight is 326 g/mol. The van der Waals surface area contributed by atoms with Gasteiger partial charge in [-0.2, -0.15) is 5.10 Å². The maximum atomic E-state index is 12.3. The molecule has 0 unspecified atom stereocenters. The molecule has 0 saturated carbocycles. The molecule has 0 radical (unpaired) electrons. The molecule has 1 amide bonds. The number of fused-ring (bicyclic) bond motifs is 1. The Kier molecular flexibility index (Phi) is 3.58. The van der Waals surface area contributed by atoms with E-state index in [-0.39, 0.29) is 5.91 Å². The number of aromatic nitrogens is 5. The van der Waals surface area contributed by atoms with Gasteiger partial charge in [0.25, 0.3) is 5.91 Å². The Morgan fingerprint density at radius 3 is 3.04 bits per heavy atom. The lowest BCUT2D eigenvalue weighted by Crippen LogP contribution is -2.24. The van der Waals surface area contributed by atoms with Crippen LogP contribution in [0.3, 0.4) is 0 Å². The Labute approximate surface area is 136 Å². The molecule has 1 aliphatic carbocycles. The summed E-state index contributed by atoms with van der Waals surface area (Å²) in [6, 6.07) is 1.76. The van der Waals surface area contributed by atoms with Gasteiger partial charge in [-0.05, 0) is 25.3 Å². The molecule has 0 aliphatic heterocycles. The number of aromatic amines is 1. The molecule has 3 aromatic rings. The fraction of sp³-hybridized carbons (Fsp3) is 0.267. The molecular weight excluding hydrogens is 312 g/mol. The number of carbonyl (C=O) groups excluding carboxylic acids is 1. The minimum absolute atomic E-state index is 0.157. The van der Waals surface area contributed by atoms with Crippen molar-refractivity contribution in [3.63, 3.8) is 0 Å². The molecule has 0 aromatic carbocycles. The second-order valence-electron chi connectivity index (χ2n) is 5.28. The predicted molar refractivity (Wildman–Crippen MR) is 84.9 cm³/mol. The van der Waals surface area contributed by atoms with Gasteiger partial charge >= 0.3 is 0 Å². The monoisotopic (exact) mass is 326 g/mol. The van der Waals surface area contributed by atoms with E-state index in [1.807, 2.05) is 5.38 Å². The van der Waals surface area contributed by atoms with E-state index in [0.717, 1.165) is 41.2 Å². The third-order valence-corrected chi connectivity index (χ3v) is 4.65. The molecule has 3 heterocycles. The molecule has 8 heteroatoms. The summed E-state index contributed by atoms with van der Waals surface area (Å²) >= 11 is 1.46. The van der Waals surface area contributed by atoms with Gasteiger partial charge in [0.1, 0.15) is 0 Å². The van der Waals surface area contributed by atoms with Crippen molar-refractivity contribution in [2.75, 3.05) is 0 Å². The zero-order valence-electron chi connectivity index (χ0n) is 12.2. The van der Waals surface area contributed by atoms with Crippen LogP contribution in [-0.2, 0) is 19.4 Å². The zero-order valence-corrected chi connectivity index (χ0v) is 13.1. The lowest BCUT2D eigenvalue weighted by Gasteiger charge is -2.02. The largest absolute Gasteiger partial charge is 0.345 e. The highest BCUT2D eigenvalue weighted by atomic mass is 32.1. The van der Waals surface area contributed by atoms with Crippen molar-refractivity contribution >= 4 is 17.2 Å². The van der Waals surface area contributed by atoms with Crippen LogP contribution in [-0.4, -0.2) is 31.1 Å². The van der Waals surface area contributed by atoms with Crippen LogP contribution in [0, 0.1) is 0 Å². The van der Waals surface area contributed by atoms with Crippen LogP contribution in [0.1, 0.15) is 33.9 Å². The van der Waals surface area contributed by atoms with Crippen molar-refractivity contribution in [2.24, 2.45) is 0 Å². The molecule has 2 N–H and O–H groups in total. The first-order valence-corrected chi connectivity index (χ1v) is 8.25. The van der Waals surface area contributed by atoms with Crippen molar-refractivity contribution in [1.82, 2.24) is 30.5 Å². The Morgan fingerprint density at radius 1 is 1.30 bits per heavy atom. The van der Waals surface area contributed by atoms with Gasteiger partial charge in [0, 0.05) is 29.0 Å². The summed E-state index contributed by atoms with van der Waals surface area (Å²) in [5.74, 6) is 0.440. The third kappa shape index (κ3) is 2.72. The van der Waals surface area contributed by atoms with Crippen LogP contribution in [0.15, 0.2) is 23.8 Å². The highest BCUT2D eigenvalue weighted by Crippen LogP contribution is 2.23. The fourth-order valence-electron chi connectivity index (χ4n) is 2.66. The molecule has 0 spiro atoms. The lowest BCUT2D eigenvalue weighted by atomic mass is 10.2. The molecule has 7 nitrogen and oxygen atoms in total. The number of rotatable bonds is 4. The smallest absolute Gasteiger partial charge is 0.272 e. The standard InChI is InChI=1S/C15H14N6OS/c22-14(12-10-3-1-4-11(10)20-21-12)18-7-9-8-23-15(19-9)13-16-5-2-6-17-13/h2,5-6,8H,1,3-4,7H2,(H,18,22)(H,20,21). The molecular formula is C15H14N6OS. The maximum absolute atomic E-state index is 12.3. The van der Waals surface area contributed by atoms with E-state index in [2.05, 4.69) is 30.5 Å². The number of nitrogens with one attached hydrogen (secondary N) is 2. The summed E-state index contributed by atoms with van der Waals surface area (Å²) in [5, 5.41) is 12.6. The summed E-state index contributed by atoms with van der Waals surface area (Å²) < 4.78 is 0. The maximum Gasteiger partial charge on any atom is 0.272 e. The normalized spacial score (nSPS) is 13.0. The molecule has 0 bridgehead atoms. The third-order valence-electron chi connectivity index (χ3n) is 3.76. The first-order valence-electron chi connectivity index (χ1n) is 7.37. The fourth-order valence-corrected chi connectivity index (χ4v) is 3.43. The second kappa shape index (κ2) is 5.88. The highest BCUT2D eigenvalue weighted by molar-refractivity contribution is 7.13. The summed E-state index contributed by atoms with van der Waals surface area (Å²) in [4.78, 5) is 25.1. The molecule has 0 atom stereocenters. The first-order chi connectivity index (χ1) is 11.3. The summed E-state index contributed by atoms with van der Waals surface area (Å²) in [5.41, 5.74) is 3.45. The first kappa shape index (κ1) is 14.0. The molecule has 0 fully saturated rings. The van der Waals surface area contributed by atoms with Crippen molar-refractivity contribution in [1.29, 1.82) is 0 Å². The van der Waals surface area contributed by atoms with Crippen LogP contribution in [0.25, 0.3) is 10.8 Å². The topological polar surface area (TPSA) is 96.5 Å². The van der Waals surface area contributed by atoms with Gasteiger partial charge in [-0.3, -0.25) is 9.89 Å². The summed E-state index contributed by atoms with van der Waals surface area (Å²) in [6.45, 7) is 0.365. The summed E-state index contributed by atoms with van der Waals surface area (Å²) in [6.07, 6.45) is 6.34. The van der Waals surface area contributed by atoms with Crippen LogP contribution >= 0.6 is 11.3 Å². The molecule has 3 aromatic heterocycles. The second-order valence-corrected chi connectivity index (χ2v) is 6.14. The minimum Gasteiger partial charge on any atom is -0.345 e. The van der Waals surface area contributed by atoms with Crippen molar-refractivity contribution < 1.29 is 4.79 Å². The van der Waals surface area contributed by atoms with Gasteiger partial charge in [-0.1, -0.05) is 0 Å². The SMILES string of the molecule is O=C(NCc1csc(-c2ncccn2)n1)c1n[nH]c2c1CCC2. The average Bonchev–Trinajstić information content (AvgIpc) is 3.29. The van der Waals surface area contributed by atoms with Crippen LogP contribution < -0.4 is 5.32 Å². The van der Waals surface area contributed by atoms with E-state index in [1.54, 1.807) is 18.5 Å². The van der Waals surface area contributed by atoms with Crippen molar-refractivity contribution in [3.05, 3.63) is 46.5 Å². The van der Waals surface area contributed by atoms with Gasteiger partial charge in [-0.15, -0.1) is 11.3 Å². The molecule has 23 heavy (non-hydrogen) atoms. The number of hydrogen-bond acceptors (Lipinski definition) is 6. The highest BCUT2D eigenvalue weighted by Gasteiger charge is 2.22. The van der Waals surface area contributed by atoms with Crippen LogP contribution in [0.5, 0.6) is 0 Å². The quantitative estimate of drug-likeness (QED) is 0.761. The van der Waals surface area contributed by atoms with E-state index in [0.29, 0.717) is 18.1 Å².